The fourth-order valence-electron chi connectivity index (χ4n) is 3.86. The van der Waals surface area contributed by atoms with Crippen LogP contribution >= 0.6 is 11.8 Å². The molecule has 1 saturated heterocycles. The molecule has 3 rings (SSSR count). The Morgan fingerprint density at radius 1 is 1.16 bits per heavy atom. The van der Waals surface area contributed by atoms with Crippen LogP contribution in [0, 0.1) is 11.7 Å². The van der Waals surface area contributed by atoms with Crippen molar-refractivity contribution in [3.8, 4) is 0 Å². The number of likely N-dealkylation sites (tertiary alicyclic amines) is 1. The maximum atomic E-state index is 13.0. The zero-order valence-electron chi connectivity index (χ0n) is 14.9. The number of amides is 1. The normalized spacial score (nSPS) is 22.2. The molecule has 0 bridgehead atoms. The Morgan fingerprint density at radius 3 is 2.68 bits per heavy atom. The van der Waals surface area contributed by atoms with Gasteiger partial charge >= 0.3 is 0 Å². The molecule has 0 aromatic heterocycles. The average molecular weight is 365 g/mol. The summed E-state index contributed by atoms with van der Waals surface area (Å²) in [4.78, 5) is 14.8. The van der Waals surface area contributed by atoms with Crippen molar-refractivity contribution in [2.45, 2.75) is 50.3 Å². The summed E-state index contributed by atoms with van der Waals surface area (Å²) in [5.41, 5.74) is 1.11. The molecule has 2 aliphatic rings. The van der Waals surface area contributed by atoms with Crippen LogP contribution in [0.4, 0.5) is 4.39 Å². The minimum Gasteiger partial charge on any atom is -0.355 e. The second kappa shape index (κ2) is 9.58. The predicted molar refractivity (Wildman–Crippen MR) is 102 cm³/mol. The Hall–Kier alpha value is -1.07. The summed E-state index contributed by atoms with van der Waals surface area (Å²) in [6.45, 7) is 3.40. The summed E-state index contributed by atoms with van der Waals surface area (Å²) >= 11 is 2.02. The summed E-state index contributed by atoms with van der Waals surface area (Å²) in [5, 5.41) is 3.95. The Morgan fingerprint density at radius 2 is 1.92 bits per heavy atom. The first kappa shape index (κ1) is 18.7. The van der Waals surface area contributed by atoms with E-state index in [4.69, 9.17) is 0 Å². The highest BCUT2D eigenvalue weighted by atomic mass is 32.2. The first-order chi connectivity index (χ1) is 12.2. The van der Waals surface area contributed by atoms with Crippen LogP contribution in [0.1, 0.15) is 44.1 Å². The molecule has 0 unspecified atom stereocenters. The summed E-state index contributed by atoms with van der Waals surface area (Å²) in [6.07, 6.45) is 7.46. The molecule has 138 valence electrons. The number of halogens is 1. The first-order valence-corrected chi connectivity index (χ1v) is 10.6. The fourth-order valence-corrected chi connectivity index (χ4v) is 5.08. The molecule has 1 amide bonds. The van der Waals surface area contributed by atoms with Crippen LogP contribution in [-0.4, -0.2) is 41.4 Å². The van der Waals surface area contributed by atoms with Crippen LogP contribution < -0.4 is 5.32 Å². The molecule has 1 atom stereocenters. The highest BCUT2D eigenvalue weighted by molar-refractivity contribution is 7.99. The van der Waals surface area contributed by atoms with Gasteiger partial charge in [-0.1, -0.05) is 25.0 Å². The van der Waals surface area contributed by atoms with E-state index >= 15 is 0 Å². The molecule has 25 heavy (non-hydrogen) atoms. The van der Waals surface area contributed by atoms with Crippen molar-refractivity contribution in [3.05, 3.63) is 35.6 Å². The van der Waals surface area contributed by atoms with Crippen molar-refractivity contribution >= 4 is 17.7 Å². The smallest absolute Gasteiger partial charge is 0.224 e. The lowest BCUT2D eigenvalue weighted by molar-refractivity contribution is -0.126. The Kier molecular flexibility index (Phi) is 7.17. The predicted octanol–water partition coefficient (Wildman–Crippen LogP) is 3.83. The molecule has 0 radical (unpaired) electrons. The van der Waals surface area contributed by atoms with Gasteiger partial charge in [-0.15, -0.1) is 0 Å². The molecule has 1 heterocycles. The van der Waals surface area contributed by atoms with E-state index in [9.17, 15) is 9.18 Å². The van der Waals surface area contributed by atoms with E-state index in [1.165, 1.54) is 37.8 Å². The molecule has 1 aliphatic heterocycles. The van der Waals surface area contributed by atoms with Crippen molar-refractivity contribution in [1.29, 1.82) is 0 Å². The number of carbonyl (C=O) groups excluding carboxylic acids is 1. The van der Waals surface area contributed by atoms with Crippen LogP contribution in [0.25, 0.3) is 0 Å². The summed E-state index contributed by atoms with van der Waals surface area (Å²) in [6, 6.07) is 6.68. The Balaban J connectivity index is 1.37. The Labute approximate surface area is 154 Å². The van der Waals surface area contributed by atoms with Gasteiger partial charge in [-0.25, -0.2) is 4.39 Å². The number of rotatable bonds is 7. The summed E-state index contributed by atoms with van der Waals surface area (Å²) < 4.78 is 13.0. The maximum Gasteiger partial charge on any atom is 0.224 e. The maximum absolute atomic E-state index is 13.0. The lowest BCUT2D eigenvalue weighted by Gasteiger charge is -2.32. The lowest BCUT2D eigenvalue weighted by atomic mass is 9.96. The van der Waals surface area contributed by atoms with Crippen molar-refractivity contribution in [1.82, 2.24) is 10.2 Å². The van der Waals surface area contributed by atoms with E-state index in [0.717, 1.165) is 55.6 Å². The highest BCUT2D eigenvalue weighted by Crippen LogP contribution is 2.29. The number of nitrogens with one attached hydrogen (secondary N) is 1. The van der Waals surface area contributed by atoms with E-state index < -0.39 is 0 Å². The van der Waals surface area contributed by atoms with Crippen LogP contribution in [0.15, 0.2) is 24.3 Å². The van der Waals surface area contributed by atoms with Gasteiger partial charge < -0.3 is 5.32 Å². The standard InChI is InChI=1S/C20H29FN2OS/c21-18-9-7-16(8-10-18)14-23-12-3-4-17(15-23)20(24)22-11-13-25-19-5-1-2-6-19/h7-10,17,19H,1-6,11-15H2,(H,22,24)/t17-/m0/s1. The molecule has 3 nitrogen and oxygen atoms in total. The van der Waals surface area contributed by atoms with Crippen LogP contribution in [0.2, 0.25) is 0 Å². The summed E-state index contributed by atoms with van der Waals surface area (Å²) in [7, 11) is 0. The minimum atomic E-state index is -0.199. The van der Waals surface area contributed by atoms with Crippen LogP contribution in [0.3, 0.4) is 0 Å². The number of nitrogens with zero attached hydrogens (tertiary/aromatic N) is 1. The number of piperidine rings is 1. The zero-order chi connectivity index (χ0) is 17.5. The van der Waals surface area contributed by atoms with Gasteiger partial charge in [0.05, 0.1) is 5.92 Å². The fraction of sp³-hybridized carbons (Fsp3) is 0.650. The number of hydrogen-bond donors (Lipinski definition) is 1. The lowest BCUT2D eigenvalue weighted by Crippen LogP contribution is -2.43. The van der Waals surface area contributed by atoms with E-state index in [2.05, 4.69) is 10.2 Å². The first-order valence-electron chi connectivity index (χ1n) is 9.57. The highest BCUT2D eigenvalue weighted by Gasteiger charge is 2.25. The van der Waals surface area contributed by atoms with Gasteiger partial charge in [-0.05, 0) is 49.9 Å². The molecule has 1 aliphatic carbocycles. The molecule has 1 aromatic rings. The van der Waals surface area contributed by atoms with Crippen molar-refractivity contribution in [2.24, 2.45) is 5.92 Å². The monoisotopic (exact) mass is 364 g/mol. The van der Waals surface area contributed by atoms with Gasteiger partial charge in [0.15, 0.2) is 0 Å². The van der Waals surface area contributed by atoms with E-state index in [-0.39, 0.29) is 17.6 Å². The second-order valence-corrected chi connectivity index (χ2v) is 8.68. The SMILES string of the molecule is O=C(NCCSC1CCCC1)[C@H]1CCCN(Cc2ccc(F)cc2)C1. The number of benzene rings is 1. The third-order valence-corrected chi connectivity index (χ3v) is 6.64. The van der Waals surface area contributed by atoms with Gasteiger partial charge in [-0.3, -0.25) is 9.69 Å². The van der Waals surface area contributed by atoms with Gasteiger partial charge in [-0.2, -0.15) is 11.8 Å². The van der Waals surface area contributed by atoms with Crippen molar-refractivity contribution in [3.63, 3.8) is 0 Å². The minimum absolute atomic E-state index is 0.0886. The molecule has 1 N–H and O–H groups in total. The number of carbonyl (C=O) groups is 1. The average Bonchev–Trinajstić information content (AvgIpc) is 3.14. The third kappa shape index (κ3) is 6.00. The molecule has 2 fully saturated rings. The quantitative estimate of drug-likeness (QED) is 0.746. The van der Waals surface area contributed by atoms with Crippen LogP contribution in [-0.2, 0) is 11.3 Å². The largest absolute Gasteiger partial charge is 0.355 e. The topological polar surface area (TPSA) is 32.3 Å². The zero-order valence-corrected chi connectivity index (χ0v) is 15.7. The molecule has 5 heteroatoms. The number of hydrogen-bond acceptors (Lipinski definition) is 3. The van der Waals surface area contributed by atoms with Gasteiger partial charge in [0.25, 0.3) is 0 Å². The molecule has 1 saturated carbocycles. The van der Waals surface area contributed by atoms with E-state index in [1.807, 2.05) is 23.9 Å². The van der Waals surface area contributed by atoms with Crippen LogP contribution in [0.5, 0.6) is 0 Å². The van der Waals surface area contributed by atoms with Gasteiger partial charge in [0.2, 0.25) is 5.91 Å². The molecule has 0 spiro atoms. The molecular weight excluding hydrogens is 335 g/mol. The van der Waals surface area contributed by atoms with Gasteiger partial charge in [0.1, 0.15) is 5.82 Å². The van der Waals surface area contributed by atoms with Crippen molar-refractivity contribution in [2.75, 3.05) is 25.4 Å². The van der Waals surface area contributed by atoms with Crippen molar-refractivity contribution < 1.29 is 9.18 Å². The van der Waals surface area contributed by atoms with E-state index in [0.29, 0.717) is 0 Å². The van der Waals surface area contributed by atoms with Gasteiger partial charge in [0, 0.05) is 30.6 Å². The Bertz CT molecular complexity index is 545. The third-order valence-electron chi connectivity index (χ3n) is 5.25. The molecular formula is C20H29FN2OS. The summed E-state index contributed by atoms with van der Waals surface area (Å²) in [5.74, 6) is 1.12. The molecule has 1 aromatic carbocycles. The second-order valence-electron chi connectivity index (χ2n) is 7.27. The van der Waals surface area contributed by atoms with E-state index in [1.54, 1.807) is 0 Å². The number of thioether (sulfide) groups is 1.